The molecule has 1 N–H and O–H groups in total. The fourth-order valence-electron chi connectivity index (χ4n) is 1.44. The van der Waals surface area contributed by atoms with Gasteiger partial charge in [0, 0.05) is 18.3 Å². The summed E-state index contributed by atoms with van der Waals surface area (Å²) < 4.78 is 62.3. The molecule has 17 heavy (non-hydrogen) atoms. The molecule has 0 unspecified atom stereocenters. The zero-order valence-corrected chi connectivity index (χ0v) is 8.87. The first-order valence-electron chi connectivity index (χ1n) is 4.75. The van der Waals surface area contributed by atoms with E-state index in [4.69, 9.17) is 0 Å². The number of carbonyl (C=O) groups is 1. The van der Waals surface area contributed by atoms with Crippen LogP contribution in [0, 0.1) is 6.92 Å². The van der Waals surface area contributed by atoms with Gasteiger partial charge in [-0.25, -0.2) is 0 Å². The van der Waals surface area contributed by atoms with Crippen molar-refractivity contribution < 1.29 is 26.7 Å². The molecule has 2 nitrogen and oxygen atoms in total. The standard InChI is InChI=1S/C10H10F5NO/c1-6-7(10(13,14)15)4-16-8(6)2-3-9(11,12)5-17/h4-5,16H,2-3H2,1H3. The average Bonchev–Trinajstić information content (AvgIpc) is 2.56. The number of aryl methyl sites for hydroxylation is 1. The lowest BCUT2D eigenvalue weighted by atomic mass is 10.1. The summed E-state index contributed by atoms with van der Waals surface area (Å²) in [6, 6.07) is 0. The topological polar surface area (TPSA) is 32.9 Å². The highest BCUT2D eigenvalue weighted by Crippen LogP contribution is 2.33. The lowest BCUT2D eigenvalue weighted by molar-refractivity contribution is -0.138. The van der Waals surface area contributed by atoms with E-state index in [2.05, 4.69) is 4.98 Å². The molecule has 0 fully saturated rings. The maximum Gasteiger partial charge on any atom is 0.418 e. The van der Waals surface area contributed by atoms with Gasteiger partial charge in [-0.15, -0.1) is 0 Å². The minimum atomic E-state index is -4.51. The zero-order chi connectivity index (χ0) is 13.3. The normalized spacial score (nSPS) is 12.8. The van der Waals surface area contributed by atoms with Crippen LogP contribution in [0.4, 0.5) is 22.0 Å². The van der Waals surface area contributed by atoms with Gasteiger partial charge < -0.3 is 4.98 Å². The molecule has 0 aliphatic heterocycles. The number of hydrogen-bond acceptors (Lipinski definition) is 1. The Morgan fingerprint density at radius 3 is 2.29 bits per heavy atom. The van der Waals surface area contributed by atoms with Gasteiger partial charge in [-0.1, -0.05) is 0 Å². The first-order valence-corrected chi connectivity index (χ1v) is 4.75. The molecule has 0 bridgehead atoms. The molecule has 0 aliphatic carbocycles. The molecule has 1 aromatic heterocycles. The predicted molar refractivity (Wildman–Crippen MR) is 49.9 cm³/mol. The zero-order valence-electron chi connectivity index (χ0n) is 8.87. The lowest BCUT2D eigenvalue weighted by Crippen LogP contribution is -2.18. The summed E-state index contributed by atoms with van der Waals surface area (Å²) in [5.74, 6) is -3.50. The molecule has 7 heteroatoms. The maximum atomic E-state index is 12.6. The summed E-state index contributed by atoms with van der Waals surface area (Å²) in [7, 11) is 0. The molecular formula is C10H10F5NO. The third-order valence-electron chi connectivity index (χ3n) is 2.43. The molecule has 0 aliphatic rings. The summed E-state index contributed by atoms with van der Waals surface area (Å²) in [6.45, 7) is 1.20. The highest BCUT2D eigenvalue weighted by molar-refractivity contribution is 5.59. The van der Waals surface area contributed by atoms with E-state index in [0.29, 0.717) is 0 Å². The Kier molecular flexibility index (Phi) is 3.59. The van der Waals surface area contributed by atoms with E-state index < -0.39 is 30.4 Å². The fraction of sp³-hybridized carbons (Fsp3) is 0.500. The van der Waals surface area contributed by atoms with Gasteiger partial charge in [-0.2, -0.15) is 22.0 Å². The Morgan fingerprint density at radius 2 is 1.88 bits per heavy atom. The molecule has 96 valence electrons. The van der Waals surface area contributed by atoms with E-state index in [1.54, 1.807) is 0 Å². The van der Waals surface area contributed by atoms with Crippen LogP contribution in [0.15, 0.2) is 6.20 Å². The van der Waals surface area contributed by atoms with E-state index in [9.17, 15) is 26.7 Å². The molecule has 0 radical (unpaired) electrons. The highest BCUT2D eigenvalue weighted by Gasteiger charge is 2.35. The highest BCUT2D eigenvalue weighted by atomic mass is 19.4. The predicted octanol–water partition coefficient (Wildman–Crippen LogP) is 3.11. The SMILES string of the molecule is Cc1c(C(F)(F)F)c[nH]c1CCC(F)(F)C=O. The minimum absolute atomic E-state index is 0.0684. The van der Waals surface area contributed by atoms with E-state index in [-0.39, 0.29) is 17.7 Å². The first kappa shape index (κ1) is 13.7. The lowest BCUT2D eigenvalue weighted by Gasteiger charge is -2.09. The van der Waals surface area contributed by atoms with Crippen LogP contribution in [0.3, 0.4) is 0 Å². The van der Waals surface area contributed by atoms with Gasteiger partial charge in [0.25, 0.3) is 0 Å². The number of halogens is 5. The van der Waals surface area contributed by atoms with Gasteiger partial charge in [0.05, 0.1) is 5.56 Å². The van der Waals surface area contributed by atoms with Crippen molar-refractivity contribution in [2.24, 2.45) is 0 Å². The molecule has 0 saturated carbocycles. The molecular weight excluding hydrogens is 245 g/mol. The van der Waals surface area contributed by atoms with E-state index in [1.165, 1.54) is 6.92 Å². The van der Waals surface area contributed by atoms with Crippen molar-refractivity contribution in [3.8, 4) is 0 Å². The molecule has 0 aromatic carbocycles. The number of aromatic amines is 1. The van der Waals surface area contributed by atoms with E-state index in [1.807, 2.05) is 0 Å². The quantitative estimate of drug-likeness (QED) is 0.650. The van der Waals surface area contributed by atoms with Crippen LogP contribution < -0.4 is 0 Å². The number of carbonyl (C=O) groups excluding carboxylic acids is 1. The minimum Gasteiger partial charge on any atom is -0.364 e. The fourth-order valence-corrected chi connectivity index (χ4v) is 1.44. The van der Waals surface area contributed by atoms with Crippen LogP contribution in [0.1, 0.15) is 23.2 Å². The molecule has 1 aromatic rings. The van der Waals surface area contributed by atoms with Crippen LogP contribution in [-0.4, -0.2) is 17.2 Å². The summed E-state index contributed by atoms with van der Waals surface area (Å²) in [5, 5.41) is 0. The summed E-state index contributed by atoms with van der Waals surface area (Å²) in [6.07, 6.45) is -5.39. The Labute approximate surface area is 93.8 Å². The van der Waals surface area contributed by atoms with Crippen molar-refractivity contribution in [2.45, 2.75) is 31.9 Å². The first-order chi connectivity index (χ1) is 7.67. The van der Waals surface area contributed by atoms with Crippen molar-refractivity contribution >= 4 is 6.29 Å². The van der Waals surface area contributed by atoms with Crippen molar-refractivity contribution in [3.63, 3.8) is 0 Å². The van der Waals surface area contributed by atoms with Gasteiger partial charge in [0.15, 0.2) is 6.29 Å². The Morgan fingerprint density at radius 1 is 1.29 bits per heavy atom. The summed E-state index contributed by atoms with van der Waals surface area (Å²) >= 11 is 0. The van der Waals surface area contributed by atoms with Crippen molar-refractivity contribution in [3.05, 3.63) is 23.0 Å². The second-order valence-corrected chi connectivity index (χ2v) is 3.68. The second-order valence-electron chi connectivity index (χ2n) is 3.68. The number of hydrogen-bond donors (Lipinski definition) is 1. The van der Waals surface area contributed by atoms with Crippen LogP contribution in [0.25, 0.3) is 0 Å². The van der Waals surface area contributed by atoms with Crippen LogP contribution in [-0.2, 0) is 17.4 Å². The molecule has 1 rings (SSSR count). The maximum absolute atomic E-state index is 12.6. The van der Waals surface area contributed by atoms with Crippen LogP contribution >= 0.6 is 0 Å². The van der Waals surface area contributed by atoms with Crippen LogP contribution in [0.5, 0.6) is 0 Å². The van der Waals surface area contributed by atoms with Gasteiger partial charge in [-0.3, -0.25) is 4.79 Å². The van der Waals surface area contributed by atoms with Gasteiger partial charge in [0.1, 0.15) is 0 Å². The van der Waals surface area contributed by atoms with Crippen molar-refractivity contribution in [2.75, 3.05) is 0 Å². The number of aromatic nitrogens is 1. The average molecular weight is 255 g/mol. The van der Waals surface area contributed by atoms with Crippen molar-refractivity contribution in [1.82, 2.24) is 4.98 Å². The largest absolute Gasteiger partial charge is 0.418 e. The number of nitrogens with one attached hydrogen (secondary N) is 1. The monoisotopic (exact) mass is 255 g/mol. The Hall–Kier alpha value is -1.40. The molecule has 0 saturated heterocycles. The molecule has 0 atom stereocenters. The van der Waals surface area contributed by atoms with Crippen molar-refractivity contribution in [1.29, 1.82) is 0 Å². The second kappa shape index (κ2) is 4.46. The Balaban J connectivity index is 2.82. The molecule has 0 spiro atoms. The third-order valence-corrected chi connectivity index (χ3v) is 2.43. The third kappa shape index (κ3) is 3.28. The number of H-pyrrole nitrogens is 1. The molecule has 1 heterocycles. The van der Waals surface area contributed by atoms with Gasteiger partial charge in [0.2, 0.25) is 0 Å². The number of aldehydes is 1. The Bertz CT molecular complexity index is 407. The van der Waals surface area contributed by atoms with Gasteiger partial charge >= 0.3 is 12.1 Å². The molecule has 0 amide bonds. The summed E-state index contributed by atoms with van der Waals surface area (Å²) in [4.78, 5) is 12.3. The smallest absolute Gasteiger partial charge is 0.364 e. The van der Waals surface area contributed by atoms with Crippen LogP contribution in [0.2, 0.25) is 0 Å². The summed E-state index contributed by atoms with van der Waals surface area (Å²) in [5.41, 5.74) is -0.917. The van der Waals surface area contributed by atoms with E-state index >= 15 is 0 Å². The van der Waals surface area contributed by atoms with E-state index in [0.717, 1.165) is 6.20 Å². The van der Waals surface area contributed by atoms with Gasteiger partial charge in [-0.05, 0) is 18.9 Å². The number of rotatable bonds is 4. The number of alkyl halides is 5.